The van der Waals surface area contributed by atoms with Crippen LogP contribution in [0.4, 0.5) is 5.82 Å². The van der Waals surface area contributed by atoms with Crippen LogP contribution in [0.1, 0.15) is 12.5 Å². The molecule has 1 atom stereocenters. The molecule has 8 heteroatoms. The number of piperazine rings is 1. The van der Waals surface area contributed by atoms with Gasteiger partial charge in [-0.1, -0.05) is 23.7 Å². The largest absolute Gasteiger partial charge is 0.497 e. The van der Waals surface area contributed by atoms with E-state index in [2.05, 4.69) is 15.1 Å². The summed E-state index contributed by atoms with van der Waals surface area (Å²) in [6, 6.07) is 17.1. The van der Waals surface area contributed by atoms with Crippen molar-refractivity contribution in [3.63, 3.8) is 0 Å². The van der Waals surface area contributed by atoms with E-state index in [1.54, 1.807) is 26.2 Å². The van der Waals surface area contributed by atoms with Gasteiger partial charge in [-0.3, -0.25) is 4.79 Å². The SMILES string of the molecule is COc1cccc(-c2ccc(N3CCN(C(=O)C(C)Oc4ccc(Cl)c(C)c4)CC3)nn2)c1. The molecule has 0 saturated carbocycles. The summed E-state index contributed by atoms with van der Waals surface area (Å²) in [7, 11) is 1.64. The standard InChI is InChI=1S/C25H27ClN4O3/c1-17-15-21(7-8-22(17)26)33-18(2)25(31)30-13-11-29(12-14-30)24-10-9-23(27-28-24)19-5-4-6-20(16-19)32-3/h4-10,15-16,18H,11-14H2,1-3H3. The number of benzene rings is 2. The van der Waals surface area contributed by atoms with Crippen molar-refractivity contribution in [1.82, 2.24) is 15.1 Å². The number of nitrogens with zero attached hydrogens (tertiary/aromatic N) is 4. The molecule has 1 aliphatic heterocycles. The van der Waals surface area contributed by atoms with Gasteiger partial charge in [0.2, 0.25) is 0 Å². The summed E-state index contributed by atoms with van der Waals surface area (Å²) in [5, 5.41) is 9.47. The molecule has 1 aromatic heterocycles. The van der Waals surface area contributed by atoms with E-state index in [4.69, 9.17) is 21.1 Å². The number of hydrogen-bond acceptors (Lipinski definition) is 6. The number of halogens is 1. The third kappa shape index (κ3) is 5.37. The van der Waals surface area contributed by atoms with Gasteiger partial charge in [0.25, 0.3) is 5.91 Å². The Balaban J connectivity index is 1.33. The number of aromatic nitrogens is 2. The number of carbonyl (C=O) groups is 1. The van der Waals surface area contributed by atoms with Crippen LogP contribution in [0.2, 0.25) is 5.02 Å². The van der Waals surface area contributed by atoms with E-state index in [1.807, 2.05) is 54.3 Å². The monoisotopic (exact) mass is 466 g/mol. The van der Waals surface area contributed by atoms with E-state index < -0.39 is 6.10 Å². The summed E-state index contributed by atoms with van der Waals surface area (Å²) in [6.45, 7) is 6.27. The second kappa shape index (κ2) is 10.1. The average molecular weight is 467 g/mol. The van der Waals surface area contributed by atoms with Gasteiger partial charge in [-0.2, -0.15) is 0 Å². The molecule has 1 saturated heterocycles. The highest BCUT2D eigenvalue weighted by Gasteiger charge is 2.26. The summed E-state index contributed by atoms with van der Waals surface area (Å²) in [5.74, 6) is 2.20. The highest BCUT2D eigenvalue weighted by atomic mass is 35.5. The summed E-state index contributed by atoms with van der Waals surface area (Å²) >= 11 is 6.07. The average Bonchev–Trinajstić information content (AvgIpc) is 2.86. The number of rotatable bonds is 6. The minimum absolute atomic E-state index is 0.0262. The van der Waals surface area contributed by atoms with Crippen LogP contribution in [0.15, 0.2) is 54.6 Å². The van der Waals surface area contributed by atoms with Crippen molar-refractivity contribution < 1.29 is 14.3 Å². The number of aryl methyl sites for hydroxylation is 1. The van der Waals surface area contributed by atoms with Gasteiger partial charge in [0, 0.05) is 36.8 Å². The second-order valence-electron chi connectivity index (χ2n) is 7.99. The molecule has 33 heavy (non-hydrogen) atoms. The highest BCUT2D eigenvalue weighted by molar-refractivity contribution is 6.31. The smallest absolute Gasteiger partial charge is 0.263 e. The Morgan fingerprint density at radius 2 is 1.79 bits per heavy atom. The third-order valence-corrected chi connectivity index (χ3v) is 6.15. The van der Waals surface area contributed by atoms with Crippen molar-refractivity contribution >= 4 is 23.3 Å². The molecular formula is C25H27ClN4O3. The summed E-state index contributed by atoms with van der Waals surface area (Å²) in [5.41, 5.74) is 2.66. The molecule has 1 unspecified atom stereocenters. The van der Waals surface area contributed by atoms with Gasteiger partial charge >= 0.3 is 0 Å². The number of ether oxygens (including phenoxy) is 2. The fourth-order valence-electron chi connectivity index (χ4n) is 3.79. The zero-order chi connectivity index (χ0) is 23.4. The summed E-state index contributed by atoms with van der Waals surface area (Å²) in [4.78, 5) is 16.8. The molecular weight excluding hydrogens is 440 g/mol. The van der Waals surface area contributed by atoms with Crippen LogP contribution in [-0.4, -0.2) is 60.4 Å². The Hall–Kier alpha value is -3.32. The summed E-state index contributed by atoms with van der Waals surface area (Å²) < 4.78 is 11.1. The van der Waals surface area contributed by atoms with Gasteiger partial charge in [0.15, 0.2) is 11.9 Å². The van der Waals surface area contributed by atoms with Crippen LogP contribution in [0.25, 0.3) is 11.3 Å². The Labute approximate surface area is 198 Å². The number of hydrogen-bond donors (Lipinski definition) is 0. The van der Waals surface area contributed by atoms with E-state index in [0.717, 1.165) is 28.4 Å². The molecule has 0 radical (unpaired) electrons. The molecule has 0 N–H and O–H groups in total. The lowest BCUT2D eigenvalue weighted by Crippen LogP contribution is -2.52. The fraction of sp³-hybridized carbons (Fsp3) is 0.320. The molecule has 3 aromatic rings. The number of carbonyl (C=O) groups excluding carboxylic acids is 1. The van der Waals surface area contributed by atoms with Crippen LogP contribution < -0.4 is 14.4 Å². The van der Waals surface area contributed by atoms with Gasteiger partial charge in [0.05, 0.1) is 12.8 Å². The predicted octanol–water partition coefficient (Wildman–Crippen LogP) is 4.23. The zero-order valence-electron chi connectivity index (χ0n) is 19.0. The predicted molar refractivity (Wildman–Crippen MR) is 129 cm³/mol. The number of anilines is 1. The van der Waals surface area contributed by atoms with Crippen molar-refractivity contribution in [2.24, 2.45) is 0 Å². The zero-order valence-corrected chi connectivity index (χ0v) is 19.7. The first-order valence-corrected chi connectivity index (χ1v) is 11.3. The van der Waals surface area contributed by atoms with Gasteiger partial charge in [-0.05, 0) is 61.9 Å². The normalized spacial score (nSPS) is 14.7. The van der Waals surface area contributed by atoms with E-state index in [1.165, 1.54) is 0 Å². The first-order valence-electron chi connectivity index (χ1n) is 10.9. The number of methoxy groups -OCH3 is 1. The Bertz CT molecular complexity index is 1110. The lowest BCUT2D eigenvalue weighted by atomic mass is 10.1. The van der Waals surface area contributed by atoms with Gasteiger partial charge in [0.1, 0.15) is 11.5 Å². The molecule has 0 aliphatic carbocycles. The maximum atomic E-state index is 12.9. The molecule has 4 rings (SSSR count). The maximum Gasteiger partial charge on any atom is 0.263 e. The van der Waals surface area contributed by atoms with Crippen molar-refractivity contribution in [2.75, 3.05) is 38.2 Å². The molecule has 0 bridgehead atoms. The topological polar surface area (TPSA) is 67.8 Å². The van der Waals surface area contributed by atoms with Crippen LogP contribution >= 0.6 is 11.6 Å². The van der Waals surface area contributed by atoms with Gasteiger partial charge < -0.3 is 19.3 Å². The van der Waals surface area contributed by atoms with Crippen molar-refractivity contribution in [3.8, 4) is 22.8 Å². The molecule has 2 aromatic carbocycles. The van der Waals surface area contributed by atoms with Crippen molar-refractivity contribution in [1.29, 1.82) is 0 Å². The lowest BCUT2D eigenvalue weighted by molar-refractivity contribution is -0.138. The second-order valence-corrected chi connectivity index (χ2v) is 8.40. The molecule has 1 fully saturated rings. The molecule has 7 nitrogen and oxygen atoms in total. The van der Waals surface area contributed by atoms with Crippen molar-refractivity contribution in [3.05, 3.63) is 65.2 Å². The molecule has 1 aliphatic rings. The van der Waals surface area contributed by atoms with E-state index >= 15 is 0 Å². The first-order chi connectivity index (χ1) is 15.9. The third-order valence-electron chi connectivity index (χ3n) is 5.72. The molecule has 0 spiro atoms. The maximum absolute atomic E-state index is 12.9. The van der Waals surface area contributed by atoms with E-state index in [0.29, 0.717) is 37.0 Å². The first kappa shape index (κ1) is 22.9. The van der Waals surface area contributed by atoms with Crippen LogP contribution in [0.5, 0.6) is 11.5 Å². The van der Waals surface area contributed by atoms with E-state index in [9.17, 15) is 4.79 Å². The molecule has 2 heterocycles. The Morgan fingerprint density at radius 1 is 1.00 bits per heavy atom. The van der Waals surface area contributed by atoms with Crippen molar-refractivity contribution in [2.45, 2.75) is 20.0 Å². The molecule has 1 amide bonds. The Kier molecular flexibility index (Phi) is 6.99. The molecule has 172 valence electrons. The van der Waals surface area contributed by atoms with E-state index in [-0.39, 0.29) is 5.91 Å². The fourth-order valence-corrected chi connectivity index (χ4v) is 3.91. The number of amides is 1. The van der Waals surface area contributed by atoms with Gasteiger partial charge in [-0.15, -0.1) is 10.2 Å². The van der Waals surface area contributed by atoms with Crippen LogP contribution in [-0.2, 0) is 4.79 Å². The minimum Gasteiger partial charge on any atom is -0.497 e. The van der Waals surface area contributed by atoms with Gasteiger partial charge in [-0.25, -0.2) is 0 Å². The van der Waals surface area contributed by atoms with Crippen LogP contribution in [0, 0.1) is 6.92 Å². The highest BCUT2D eigenvalue weighted by Crippen LogP contribution is 2.24. The van der Waals surface area contributed by atoms with Crippen LogP contribution in [0.3, 0.4) is 0 Å². The quantitative estimate of drug-likeness (QED) is 0.541. The minimum atomic E-state index is -0.570. The lowest BCUT2D eigenvalue weighted by Gasteiger charge is -2.36. The summed E-state index contributed by atoms with van der Waals surface area (Å²) in [6.07, 6.45) is -0.570. The Morgan fingerprint density at radius 3 is 2.45 bits per heavy atom.